The Balaban J connectivity index is 0.951. The van der Waals surface area contributed by atoms with E-state index in [-0.39, 0.29) is 6.71 Å². The van der Waals surface area contributed by atoms with E-state index in [4.69, 9.17) is 0 Å². The molecule has 2 aliphatic rings. The van der Waals surface area contributed by atoms with Gasteiger partial charge in [0.25, 0.3) is 6.71 Å². The monoisotopic (exact) mass is 1320 g/mol. The van der Waals surface area contributed by atoms with Gasteiger partial charge in [-0.15, -0.1) is 0 Å². The van der Waals surface area contributed by atoms with Crippen LogP contribution in [0.3, 0.4) is 0 Å². The van der Waals surface area contributed by atoms with Crippen LogP contribution in [0.1, 0.15) is 0 Å². The van der Waals surface area contributed by atoms with Gasteiger partial charge in [-0.05, 0) is 164 Å². The molecule has 3 nitrogen and oxygen atoms in total. The first-order chi connectivity index (χ1) is 51.6. The first-order valence-electron chi connectivity index (χ1n) is 36.0. The highest BCUT2D eigenvalue weighted by molar-refractivity contribution is 7.00. The number of fused-ring (bicyclic) bond motifs is 4. The topological polar surface area (TPSA) is 9.72 Å². The van der Waals surface area contributed by atoms with Gasteiger partial charge < -0.3 is 14.7 Å². The van der Waals surface area contributed by atoms with E-state index in [2.05, 4.69) is 415 Å². The minimum absolute atomic E-state index is 0.299. The third kappa shape index (κ3) is 10.2. The molecule has 484 valence electrons. The average molecular weight is 1320 g/mol. The third-order valence-corrected chi connectivity index (χ3v) is 21.6. The number of anilines is 9. The van der Waals surface area contributed by atoms with Gasteiger partial charge in [0.05, 0.1) is 17.1 Å². The van der Waals surface area contributed by atoms with Crippen LogP contribution >= 0.6 is 0 Å². The summed E-state index contributed by atoms with van der Waals surface area (Å²) in [6, 6.07) is 149. The van der Waals surface area contributed by atoms with E-state index in [1.54, 1.807) is 0 Å². The molecule has 0 atom stereocenters. The van der Waals surface area contributed by atoms with Crippen LogP contribution in [-0.4, -0.2) is 6.71 Å². The molecule has 0 bridgehead atoms. The Morgan fingerprint density at radius 3 is 0.952 bits per heavy atom. The van der Waals surface area contributed by atoms with Crippen molar-refractivity contribution >= 4 is 107 Å². The van der Waals surface area contributed by atoms with E-state index < -0.39 is 0 Å². The molecular weight excluding hydrogens is 1250 g/mol. The second-order valence-electron chi connectivity index (χ2n) is 27.4. The summed E-state index contributed by atoms with van der Waals surface area (Å²) in [4.78, 5) is 7.83. The zero-order valence-corrected chi connectivity index (χ0v) is 57.0. The number of hydrogen-bond acceptors (Lipinski definition) is 3. The van der Waals surface area contributed by atoms with Gasteiger partial charge in [0, 0.05) is 56.4 Å². The van der Waals surface area contributed by atoms with Crippen molar-refractivity contribution in [1.82, 2.24) is 0 Å². The maximum absolute atomic E-state index is 2.67. The van der Waals surface area contributed by atoms with Crippen molar-refractivity contribution in [3.63, 3.8) is 0 Å². The molecule has 0 aliphatic carbocycles. The molecule has 2 aliphatic heterocycles. The van der Waals surface area contributed by atoms with Crippen molar-refractivity contribution in [2.45, 2.75) is 0 Å². The molecule has 0 saturated carbocycles. The number of nitrogens with zero attached hydrogens (tertiary/aromatic N) is 3. The number of para-hydroxylation sites is 2. The van der Waals surface area contributed by atoms with Gasteiger partial charge in [0.2, 0.25) is 0 Å². The maximum Gasteiger partial charge on any atom is 0.252 e. The molecule has 0 N–H and O–H groups in total. The van der Waals surface area contributed by atoms with Crippen molar-refractivity contribution in [3.8, 4) is 89.0 Å². The van der Waals surface area contributed by atoms with Crippen molar-refractivity contribution in [3.05, 3.63) is 400 Å². The van der Waals surface area contributed by atoms with Gasteiger partial charge in [-0.3, -0.25) is 0 Å². The lowest BCUT2D eigenvalue weighted by Crippen LogP contribution is -2.61. The molecule has 0 spiro atoms. The van der Waals surface area contributed by atoms with E-state index >= 15 is 0 Å². The van der Waals surface area contributed by atoms with Gasteiger partial charge in [-0.25, -0.2) is 0 Å². The summed E-state index contributed by atoms with van der Waals surface area (Å²) in [6.07, 6.45) is 0. The van der Waals surface area contributed by atoms with Gasteiger partial charge in [0.15, 0.2) is 0 Å². The lowest BCUT2D eigenvalue weighted by Gasteiger charge is -2.46. The first kappa shape index (κ1) is 60.4. The minimum Gasteiger partial charge on any atom is -0.310 e. The van der Waals surface area contributed by atoms with E-state index in [9.17, 15) is 0 Å². The molecule has 0 radical (unpaired) electrons. The second kappa shape index (κ2) is 25.3. The van der Waals surface area contributed by atoms with Crippen LogP contribution in [0.15, 0.2) is 400 Å². The number of rotatable bonds is 13. The molecule has 0 unspecified atom stereocenters. The van der Waals surface area contributed by atoms with Gasteiger partial charge in [-0.1, -0.05) is 352 Å². The molecule has 20 rings (SSSR count). The summed E-state index contributed by atoms with van der Waals surface area (Å²) in [7, 11) is 0. The first-order valence-corrected chi connectivity index (χ1v) is 36.0. The summed E-state index contributed by atoms with van der Waals surface area (Å²) >= 11 is 0. The average Bonchev–Trinajstić information content (AvgIpc) is 0.686. The summed E-state index contributed by atoms with van der Waals surface area (Å²) in [6.45, 7) is -0.299. The molecule has 4 heteroatoms. The standard InChI is InChI=1S/C100H66BN3/c1-8-25-67(26-9-1)70-47-55-81(56-48-70)102(82-57-49-71(50-58-82)68-27-10-2-11-28-68)83-65-94-98-95(66-83)104(100-87(74-35-18-6-19-36-74)43-24-44-88(100)75-37-20-7-21-38-75)93-62-54-80(84-59-51-78-46-45-76-39-22-40-77-52-60-89(84)97(78)96(76)77)64-91(93)101(98)90-63-79(69-29-12-3-13-30-69)53-61-92(90)103(94)99-85(72-31-14-4-15-32-72)41-23-42-86(99)73-33-16-5-17-34-73/h1-66H. The van der Waals surface area contributed by atoms with E-state index in [0.29, 0.717) is 0 Å². The minimum atomic E-state index is -0.299. The summed E-state index contributed by atoms with van der Waals surface area (Å²) in [5.74, 6) is 0. The Labute approximate surface area is 606 Å². The Morgan fingerprint density at radius 1 is 0.202 bits per heavy atom. The molecule has 0 aromatic heterocycles. The van der Waals surface area contributed by atoms with Gasteiger partial charge >= 0.3 is 0 Å². The van der Waals surface area contributed by atoms with Crippen LogP contribution in [0.5, 0.6) is 0 Å². The van der Waals surface area contributed by atoms with Crippen LogP contribution in [0.25, 0.3) is 121 Å². The van der Waals surface area contributed by atoms with Crippen molar-refractivity contribution in [1.29, 1.82) is 0 Å². The van der Waals surface area contributed by atoms with E-state index in [1.165, 1.54) is 65.4 Å². The fourth-order valence-electron chi connectivity index (χ4n) is 16.9. The molecule has 18 aromatic rings. The Hall–Kier alpha value is -13.5. The molecular formula is C100H66BN3. The Bertz CT molecular complexity index is 6020. The maximum atomic E-state index is 2.67. The van der Waals surface area contributed by atoms with Crippen LogP contribution < -0.4 is 31.1 Å². The van der Waals surface area contributed by atoms with Crippen molar-refractivity contribution in [2.75, 3.05) is 14.7 Å². The summed E-state index contributed by atoms with van der Waals surface area (Å²) in [5.41, 5.74) is 31.6. The van der Waals surface area contributed by atoms with Crippen molar-refractivity contribution < 1.29 is 0 Å². The fraction of sp³-hybridized carbons (Fsp3) is 0. The summed E-state index contributed by atoms with van der Waals surface area (Å²) < 4.78 is 0. The zero-order valence-electron chi connectivity index (χ0n) is 57.0. The van der Waals surface area contributed by atoms with Crippen molar-refractivity contribution in [2.24, 2.45) is 0 Å². The highest BCUT2D eigenvalue weighted by Crippen LogP contribution is 2.55. The van der Waals surface area contributed by atoms with E-state index in [0.717, 1.165) is 124 Å². The number of hydrogen-bond donors (Lipinski definition) is 0. The molecule has 0 saturated heterocycles. The normalized spacial score (nSPS) is 12.2. The Kier molecular flexibility index (Phi) is 14.7. The highest BCUT2D eigenvalue weighted by atomic mass is 15.2. The quantitative estimate of drug-likeness (QED) is 0.0841. The largest absolute Gasteiger partial charge is 0.310 e. The predicted molar refractivity (Wildman–Crippen MR) is 442 cm³/mol. The zero-order chi connectivity index (χ0) is 68.6. The van der Waals surface area contributed by atoms with Crippen LogP contribution in [0.4, 0.5) is 51.2 Å². The van der Waals surface area contributed by atoms with Gasteiger partial charge in [0.1, 0.15) is 0 Å². The smallest absolute Gasteiger partial charge is 0.252 e. The fourth-order valence-corrected chi connectivity index (χ4v) is 16.9. The number of benzene rings is 18. The lowest BCUT2D eigenvalue weighted by atomic mass is 9.33. The summed E-state index contributed by atoms with van der Waals surface area (Å²) in [5, 5.41) is 7.60. The van der Waals surface area contributed by atoms with Crippen LogP contribution in [-0.2, 0) is 0 Å². The molecule has 18 aromatic carbocycles. The second-order valence-corrected chi connectivity index (χ2v) is 27.4. The van der Waals surface area contributed by atoms with Crippen LogP contribution in [0, 0.1) is 0 Å². The predicted octanol–water partition coefficient (Wildman–Crippen LogP) is 25.5. The molecule has 0 amide bonds. The Morgan fingerprint density at radius 2 is 0.529 bits per heavy atom. The van der Waals surface area contributed by atoms with E-state index in [1.807, 2.05) is 0 Å². The highest BCUT2D eigenvalue weighted by Gasteiger charge is 2.46. The van der Waals surface area contributed by atoms with Crippen LogP contribution in [0.2, 0.25) is 0 Å². The van der Waals surface area contributed by atoms with Gasteiger partial charge in [-0.2, -0.15) is 0 Å². The lowest BCUT2D eigenvalue weighted by molar-refractivity contribution is 1.23. The molecule has 2 heterocycles. The SMILES string of the molecule is c1ccc(-c2ccc(N(c3ccc(-c4ccccc4)cc3)c3cc4c5c(c3)N(c3c(-c6ccccc6)cccc3-c3ccccc3)c3ccc(-c6ccc7ccc8cccc9ccc6c7c89)cc3B5c3cc(-c5ccccc5)ccc3N4c3c(-c4ccccc4)cccc3-c3ccccc3)cc2)cc1. The molecule has 104 heavy (non-hydrogen) atoms. The third-order valence-electron chi connectivity index (χ3n) is 21.6. The molecule has 0 fully saturated rings.